The van der Waals surface area contributed by atoms with Gasteiger partial charge in [0.1, 0.15) is 11.4 Å². The van der Waals surface area contributed by atoms with Crippen LogP contribution in [0.3, 0.4) is 0 Å². The largest absolute Gasteiger partial charge is 0.365 e. The van der Waals surface area contributed by atoms with Gasteiger partial charge in [0.25, 0.3) is 0 Å². The number of nitrogens with zero attached hydrogens (tertiary/aromatic N) is 1. The Kier molecular flexibility index (Phi) is 5.10. The van der Waals surface area contributed by atoms with E-state index in [4.69, 9.17) is 4.74 Å². The molecule has 21 heavy (non-hydrogen) atoms. The van der Waals surface area contributed by atoms with E-state index in [2.05, 4.69) is 4.90 Å². The summed E-state index contributed by atoms with van der Waals surface area (Å²) in [5, 5.41) is 0. The molecule has 2 aromatic rings. The lowest BCUT2D eigenvalue weighted by molar-refractivity contribution is -0.0103. The number of rotatable bonds is 6. The van der Waals surface area contributed by atoms with Gasteiger partial charge in [-0.2, -0.15) is 0 Å². The van der Waals surface area contributed by atoms with Crippen LogP contribution in [0.2, 0.25) is 0 Å². The Balaban J connectivity index is 2.34. The number of ether oxygens (including phenoxy) is 1. The van der Waals surface area contributed by atoms with E-state index >= 15 is 0 Å². The molecule has 3 heteroatoms. The van der Waals surface area contributed by atoms with Crippen LogP contribution < -0.4 is 0 Å². The van der Waals surface area contributed by atoms with Gasteiger partial charge in [-0.05, 0) is 44.3 Å². The molecule has 1 atom stereocenters. The second kappa shape index (κ2) is 6.83. The quantitative estimate of drug-likeness (QED) is 0.804. The van der Waals surface area contributed by atoms with Crippen LogP contribution in [-0.2, 0) is 10.3 Å². The molecular formula is C18H22FNO. The van der Waals surface area contributed by atoms with Crippen LogP contribution in [0, 0.1) is 5.82 Å². The minimum atomic E-state index is -0.653. The summed E-state index contributed by atoms with van der Waals surface area (Å²) >= 11 is 0. The molecule has 2 nitrogen and oxygen atoms in total. The van der Waals surface area contributed by atoms with Crippen molar-refractivity contribution < 1.29 is 9.13 Å². The summed E-state index contributed by atoms with van der Waals surface area (Å²) < 4.78 is 19.8. The van der Waals surface area contributed by atoms with Gasteiger partial charge in [-0.25, -0.2) is 4.39 Å². The van der Waals surface area contributed by atoms with Gasteiger partial charge in [-0.3, -0.25) is 0 Å². The molecule has 1 unspecified atom stereocenters. The summed E-state index contributed by atoms with van der Waals surface area (Å²) in [5.41, 5.74) is 1.20. The summed E-state index contributed by atoms with van der Waals surface area (Å²) in [4.78, 5) is 2.07. The van der Waals surface area contributed by atoms with E-state index < -0.39 is 5.60 Å². The first-order valence-corrected chi connectivity index (χ1v) is 7.12. The van der Waals surface area contributed by atoms with E-state index in [0.29, 0.717) is 6.61 Å². The molecule has 112 valence electrons. The number of halogens is 1. The molecule has 0 saturated carbocycles. The molecule has 0 saturated heterocycles. The number of benzene rings is 2. The number of likely N-dealkylation sites (N-methyl/N-ethyl adjacent to an activating group) is 1. The third-order valence-corrected chi connectivity index (χ3v) is 3.63. The third-order valence-electron chi connectivity index (χ3n) is 3.63. The molecule has 0 aliphatic carbocycles. The molecule has 0 aliphatic rings. The van der Waals surface area contributed by atoms with Crippen molar-refractivity contribution >= 4 is 0 Å². The summed E-state index contributed by atoms with van der Waals surface area (Å²) in [6, 6.07) is 16.6. The van der Waals surface area contributed by atoms with Gasteiger partial charge in [-0.15, -0.1) is 0 Å². The zero-order valence-corrected chi connectivity index (χ0v) is 12.8. The molecule has 2 rings (SSSR count). The lowest BCUT2D eigenvalue weighted by atomic mass is 9.88. The summed E-state index contributed by atoms with van der Waals surface area (Å²) in [5.74, 6) is -0.245. The van der Waals surface area contributed by atoms with Crippen LogP contribution in [0.5, 0.6) is 0 Å². The normalized spacial score (nSPS) is 14.1. The molecule has 0 radical (unpaired) electrons. The van der Waals surface area contributed by atoms with E-state index in [1.165, 1.54) is 6.07 Å². The highest BCUT2D eigenvalue weighted by Gasteiger charge is 2.30. The maximum atomic E-state index is 13.6. The minimum absolute atomic E-state index is 0.245. The fraction of sp³-hybridized carbons (Fsp3) is 0.333. The molecule has 2 aromatic carbocycles. The maximum absolute atomic E-state index is 13.6. The fourth-order valence-corrected chi connectivity index (χ4v) is 2.31. The fourth-order valence-electron chi connectivity index (χ4n) is 2.31. The van der Waals surface area contributed by atoms with Gasteiger partial charge in [-0.1, -0.05) is 42.5 Å². The molecule has 0 spiro atoms. The Labute approximate surface area is 126 Å². The Hall–Kier alpha value is -1.71. The molecule has 0 heterocycles. The topological polar surface area (TPSA) is 12.5 Å². The monoisotopic (exact) mass is 287 g/mol. The van der Waals surface area contributed by atoms with Crippen molar-refractivity contribution in [3.05, 3.63) is 71.5 Å². The summed E-state index contributed by atoms with van der Waals surface area (Å²) in [6.07, 6.45) is 0. The average Bonchev–Trinajstić information content (AvgIpc) is 2.47. The van der Waals surface area contributed by atoms with E-state index in [-0.39, 0.29) is 5.82 Å². The van der Waals surface area contributed by atoms with Crippen LogP contribution in [0.25, 0.3) is 0 Å². The molecule has 0 fully saturated rings. The molecule has 0 aliphatic heterocycles. The zero-order valence-electron chi connectivity index (χ0n) is 12.8. The van der Waals surface area contributed by atoms with Gasteiger partial charge in [0.15, 0.2) is 0 Å². The average molecular weight is 287 g/mol. The smallest absolute Gasteiger partial charge is 0.123 e. The van der Waals surface area contributed by atoms with E-state index in [1.54, 1.807) is 12.1 Å². The Morgan fingerprint density at radius 2 is 1.67 bits per heavy atom. The molecule has 0 aromatic heterocycles. The van der Waals surface area contributed by atoms with E-state index in [9.17, 15) is 4.39 Å². The van der Waals surface area contributed by atoms with Crippen molar-refractivity contribution in [2.45, 2.75) is 12.5 Å². The Morgan fingerprint density at radius 3 is 2.29 bits per heavy atom. The summed E-state index contributed by atoms with van der Waals surface area (Å²) in [6.45, 7) is 3.39. The molecule has 0 amide bonds. The predicted molar refractivity (Wildman–Crippen MR) is 83.8 cm³/mol. The highest BCUT2D eigenvalue weighted by atomic mass is 19.1. The predicted octanol–water partition coefficient (Wildman–Crippen LogP) is 3.67. The standard InChI is InChI=1S/C18H22FNO/c1-18(21-13-12-20(2)3,15-8-5-4-6-9-15)16-10-7-11-17(19)14-16/h4-11,14H,12-13H2,1-3H3. The van der Waals surface area contributed by atoms with Crippen LogP contribution in [-0.4, -0.2) is 32.1 Å². The van der Waals surface area contributed by atoms with Crippen molar-refractivity contribution in [3.8, 4) is 0 Å². The lowest BCUT2D eigenvalue weighted by Gasteiger charge is -2.32. The molecule has 0 bridgehead atoms. The number of hydrogen-bond acceptors (Lipinski definition) is 2. The van der Waals surface area contributed by atoms with Crippen LogP contribution in [0.1, 0.15) is 18.1 Å². The first kappa shape index (κ1) is 15.7. The molecule has 0 N–H and O–H groups in total. The van der Waals surface area contributed by atoms with Gasteiger partial charge in [0.05, 0.1) is 6.61 Å². The highest BCUT2D eigenvalue weighted by molar-refractivity contribution is 5.35. The second-order valence-corrected chi connectivity index (χ2v) is 5.56. The Bertz CT molecular complexity index is 570. The Morgan fingerprint density at radius 1 is 1.00 bits per heavy atom. The van der Waals surface area contributed by atoms with Crippen molar-refractivity contribution in [2.24, 2.45) is 0 Å². The van der Waals surface area contributed by atoms with Crippen molar-refractivity contribution in [1.29, 1.82) is 0 Å². The summed E-state index contributed by atoms with van der Waals surface area (Å²) in [7, 11) is 4.01. The van der Waals surface area contributed by atoms with Gasteiger partial charge in [0, 0.05) is 6.54 Å². The SMILES string of the molecule is CN(C)CCOC(C)(c1ccccc1)c1cccc(F)c1. The van der Waals surface area contributed by atoms with Crippen molar-refractivity contribution in [2.75, 3.05) is 27.2 Å². The van der Waals surface area contributed by atoms with Gasteiger partial charge >= 0.3 is 0 Å². The van der Waals surface area contributed by atoms with Crippen LogP contribution >= 0.6 is 0 Å². The maximum Gasteiger partial charge on any atom is 0.123 e. The van der Waals surface area contributed by atoms with E-state index in [1.807, 2.05) is 57.4 Å². The second-order valence-electron chi connectivity index (χ2n) is 5.56. The zero-order chi connectivity index (χ0) is 15.3. The van der Waals surface area contributed by atoms with Crippen LogP contribution in [0.4, 0.5) is 4.39 Å². The lowest BCUT2D eigenvalue weighted by Crippen LogP contribution is -2.31. The first-order valence-electron chi connectivity index (χ1n) is 7.12. The third kappa shape index (κ3) is 3.90. The highest BCUT2D eigenvalue weighted by Crippen LogP contribution is 2.33. The van der Waals surface area contributed by atoms with E-state index in [0.717, 1.165) is 17.7 Å². The van der Waals surface area contributed by atoms with Gasteiger partial charge < -0.3 is 9.64 Å². The van der Waals surface area contributed by atoms with Gasteiger partial charge in [0.2, 0.25) is 0 Å². The molecular weight excluding hydrogens is 265 g/mol. The number of hydrogen-bond donors (Lipinski definition) is 0. The van der Waals surface area contributed by atoms with Crippen molar-refractivity contribution in [1.82, 2.24) is 4.90 Å². The first-order chi connectivity index (χ1) is 10.0. The minimum Gasteiger partial charge on any atom is -0.365 e. The van der Waals surface area contributed by atoms with Crippen molar-refractivity contribution in [3.63, 3.8) is 0 Å². The van der Waals surface area contributed by atoms with Crippen LogP contribution in [0.15, 0.2) is 54.6 Å².